The third kappa shape index (κ3) is 3.00. The van der Waals surface area contributed by atoms with Crippen LogP contribution in [0.15, 0.2) is 47.4 Å². The molecule has 0 radical (unpaired) electrons. The highest BCUT2D eigenvalue weighted by Gasteiger charge is 1.97. The average Bonchev–Trinajstić information content (AvgIpc) is 2.28. The van der Waals surface area contributed by atoms with Crippen molar-refractivity contribution in [2.75, 3.05) is 5.73 Å². The first-order valence-corrected chi connectivity index (χ1v) is 6.13. The molecule has 2 rings (SSSR count). The van der Waals surface area contributed by atoms with Crippen molar-refractivity contribution in [2.24, 2.45) is 0 Å². The standard InChI is InChI=1S/C13H14N2S/c1-10-5-7-12(8-6-10)16-9-11-3-2-4-13(14)15-11/h2-8H,9H2,1H3,(H2,14,15). The number of hydrogen-bond donors (Lipinski definition) is 1. The summed E-state index contributed by atoms with van der Waals surface area (Å²) < 4.78 is 0. The average molecular weight is 230 g/mol. The number of nitrogen functional groups attached to an aromatic ring is 1. The largest absolute Gasteiger partial charge is 0.384 e. The zero-order chi connectivity index (χ0) is 11.4. The Labute approximate surface area is 99.9 Å². The maximum absolute atomic E-state index is 5.63. The fourth-order valence-electron chi connectivity index (χ4n) is 1.37. The molecule has 0 saturated carbocycles. The van der Waals surface area contributed by atoms with Gasteiger partial charge >= 0.3 is 0 Å². The zero-order valence-electron chi connectivity index (χ0n) is 9.18. The van der Waals surface area contributed by atoms with Crippen molar-refractivity contribution in [2.45, 2.75) is 17.6 Å². The summed E-state index contributed by atoms with van der Waals surface area (Å²) in [6.45, 7) is 2.09. The quantitative estimate of drug-likeness (QED) is 0.822. The zero-order valence-corrected chi connectivity index (χ0v) is 10.00. The summed E-state index contributed by atoms with van der Waals surface area (Å²) in [5, 5.41) is 0. The lowest BCUT2D eigenvalue weighted by molar-refractivity contribution is 1.18. The molecular weight excluding hydrogens is 216 g/mol. The minimum Gasteiger partial charge on any atom is -0.384 e. The van der Waals surface area contributed by atoms with Crippen molar-refractivity contribution in [3.63, 3.8) is 0 Å². The Morgan fingerprint density at radius 2 is 1.88 bits per heavy atom. The van der Waals surface area contributed by atoms with Gasteiger partial charge in [0, 0.05) is 10.6 Å². The molecule has 3 heteroatoms. The van der Waals surface area contributed by atoms with E-state index in [1.165, 1.54) is 10.5 Å². The van der Waals surface area contributed by atoms with Gasteiger partial charge in [-0.15, -0.1) is 11.8 Å². The Kier molecular flexibility index (Phi) is 3.47. The van der Waals surface area contributed by atoms with Crippen molar-refractivity contribution in [3.05, 3.63) is 53.7 Å². The fraction of sp³-hybridized carbons (Fsp3) is 0.154. The number of anilines is 1. The first kappa shape index (κ1) is 11.0. The molecule has 0 spiro atoms. The predicted molar refractivity (Wildman–Crippen MR) is 69.4 cm³/mol. The SMILES string of the molecule is Cc1ccc(SCc2cccc(N)n2)cc1. The van der Waals surface area contributed by atoms with Crippen LogP contribution in [0.1, 0.15) is 11.3 Å². The molecule has 2 N–H and O–H groups in total. The Morgan fingerprint density at radius 1 is 1.12 bits per heavy atom. The van der Waals surface area contributed by atoms with Crippen LogP contribution >= 0.6 is 11.8 Å². The normalized spacial score (nSPS) is 10.3. The number of thioether (sulfide) groups is 1. The maximum Gasteiger partial charge on any atom is 0.123 e. The van der Waals surface area contributed by atoms with E-state index in [1.807, 2.05) is 12.1 Å². The monoisotopic (exact) mass is 230 g/mol. The summed E-state index contributed by atoms with van der Waals surface area (Å²) in [6.07, 6.45) is 0. The molecule has 0 saturated heterocycles. The van der Waals surface area contributed by atoms with Gasteiger partial charge in [-0.3, -0.25) is 0 Å². The molecule has 0 aliphatic rings. The van der Waals surface area contributed by atoms with E-state index in [1.54, 1.807) is 17.8 Å². The number of nitrogens with zero attached hydrogens (tertiary/aromatic N) is 1. The van der Waals surface area contributed by atoms with Crippen LogP contribution in [0.25, 0.3) is 0 Å². The Morgan fingerprint density at radius 3 is 2.56 bits per heavy atom. The third-order valence-electron chi connectivity index (χ3n) is 2.24. The molecule has 0 amide bonds. The number of rotatable bonds is 3. The van der Waals surface area contributed by atoms with Crippen LogP contribution in [0.4, 0.5) is 5.82 Å². The first-order valence-electron chi connectivity index (χ1n) is 5.15. The number of benzene rings is 1. The van der Waals surface area contributed by atoms with Gasteiger partial charge in [0.15, 0.2) is 0 Å². The van der Waals surface area contributed by atoms with E-state index in [0.717, 1.165) is 11.4 Å². The van der Waals surface area contributed by atoms with Gasteiger partial charge < -0.3 is 5.73 Å². The van der Waals surface area contributed by atoms with Crippen LogP contribution in [-0.4, -0.2) is 4.98 Å². The van der Waals surface area contributed by atoms with Crippen LogP contribution < -0.4 is 5.73 Å². The lowest BCUT2D eigenvalue weighted by atomic mass is 10.2. The summed E-state index contributed by atoms with van der Waals surface area (Å²) in [7, 11) is 0. The smallest absolute Gasteiger partial charge is 0.123 e. The molecule has 0 fully saturated rings. The minimum absolute atomic E-state index is 0.585. The Hall–Kier alpha value is -1.48. The van der Waals surface area contributed by atoms with Gasteiger partial charge in [0.1, 0.15) is 5.82 Å². The molecule has 2 nitrogen and oxygen atoms in total. The van der Waals surface area contributed by atoms with Crippen LogP contribution in [0, 0.1) is 6.92 Å². The van der Waals surface area contributed by atoms with Gasteiger partial charge in [0.05, 0.1) is 5.69 Å². The molecule has 0 aliphatic carbocycles. The van der Waals surface area contributed by atoms with Gasteiger partial charge in [0.25, 0.3) is 0 Å². The van der Waals surface area contributed by atoms with Gasteiger partial charge in [0.2, 0.25) is 0 Å². The van der Waals surface area contributed by atoms with E-state index in [4.69, 9.17) is 5.73 Å². The van der Waals surface area contributed by atoms with Gasteiger partial charge in [-0.2, -0.15) is 0 Å². The number of nitrogens with two attached hydrogens (primary N) is 1. The molecule has 1 heterocycles. The van der Waals surface area contributed by atoms with E-state index in [0.29, 0.717) is 5.82 Å². The van der Waals surface area contributed by atoms with E-state index in [9.17, 15) is 0 Å². The van der Waals surface area contributed by atoms with Gasteiger partial charge in [-0.25, -0.2) is 4.98 Å². The highest BCUT2D eigenvalue weighted by molar-refractivity contribution is 7.98. The van der Waals surface area contributed by atoms with E-state index in [-0.39, 0.29) is 0 Å². The molecule has 16 heavy (non-hydrogen) atoms. The van der Waals surface area contributed by atoms with Gasteiger partial charge in [-0.05, 0) is 31.2 Å². The summed E-state index contributed by atoms with van der Waals surface area (Å²) in [5.41, 5.74) is 7.93. The maximum atomic E-state index is 5.63. The van der Waals surface area contributed by atoms with Crippen molar-refractivity contribution < 1.29 is 0 Å². The van der Waals surface area contributed by atoms with Crippen LogP contribution in [0.3, 0.4) is 0 Å². The van der Waals surface area contributed by atoms with Crippen molar-refractivity contribution in [1.29, 1.82) is 0 Å². The molecule has 1 aromatic carbocycles. The lowest BCUT2D eigenvalue weighted by Crippen LogP contribution is -1.93. The molecule has 2 aromatic rings. The summed E-state index contributed by atoms with van der Waals surface area (Å²) in [6, 6.07) is 14.2. The molecule has 1 aromatic heterocycles. The van der Waals surface area contributed by atoms with Crippen LogP contribution in [0.5, 0.6) is 0 Å². The Bertz CT molecular complexity index is 466. The van der Waals surface area contributed by atoms with E-state index >= 15 is 0 Å². The molecule has 0 atom stereocenters. The lowest BCUT2D eigenvalue weighted by Gasteiger charge is -2.02. The summed E-state index contributed by atoms with van der Waals surface area (Å²) in [4.78, 5) is 5.52. The third-order valence-corrected chi connectivity index (χ3v) is 3.28. The minimum atomic E-state index is 0.585. The number of aryl methyl sites for hydroxylation is 1. The highest BCUT2D eigenvalue weighted by Crippen LogP contribution is 2.22. The van der Waals surface area contributed by atoms with Crippen molar-refractivity contribution in [1.82, 2.24) is 4.98 Å². The predicted octanol–water partition coefficient (Wildman–Crippen LogP) is 3.26. The van der Waals surface area contributed by atoms with Crippen LogP contribution in [-0.2, 0) is 5.75 Å². The Balaban J connectivity index is 1.99. The molecule has 0 aliphatic heterocycles. The van der Waals surface area contributed by atoms with Crippen molar-refractivity contribution >= 4 is 17.6 Å². The number of aromatic nitrogens is 1. The molecule has 0 unspecified atom stereocenters. The number of pyridine rings is 1. The highest BCUT2D eigenvalue weighted by atomic mass is 32.2. The topological polar surface area (TPSA) is 38.9 Å². The van der Waals surface area contributed by atoms with E-state index in [2.05, 4.69) is 36.2 Å². The second-order valence-corrected chi connectivity index (χ2v) is 4.70. The molecule has 82 valence electrons. The summed E-state index contributed by atoms with van der Waals surface area (Å²) in [5.74, 6) is 1.44. The first-order chi connectivity index (χ1) is 7.74. The van der Waals surface area contributed by atoms with E-state index < -0.39 is 0 Å². The second kappa shape index (κ2) is 5.03. The number of hydrogen-bond acceptors (Lipinski definition) is 3. The summed E-state index contributed by atoms with van der Waals surface area (Å²) >= 11 is 1.77. The van der Waals surface area contributed by atoms with Crippen LogP contribution in [0.2, 0.25) is 0 Å². The van der Waals surface area contributed by atoms with Gasteiger partial charge in [-0.1, -0.05) is 23.8 Å². The van der Waals surface area contributed by atoms with Crippen molar-refractivity contribution in [3.8, 4) is 0 Å². The molecular formula is C13H14N2S. The molecule has 0 bridgehead atoms. The second-order valence-electron chi connectivity index (χ2n) is 3.66. The fourth-order valence-corrected chi connectivity index (χ4v) is 2.17.